The molecule has 124 valence electrons. The third-order valence-electron chi connectivity index (χ3n) is 3.03. The van der Waals surface area contributed by atoms with Crippen molar-refractivity contribution in [3.8, 4) is 11.8 Å². The molecule has 0 aromatic heterocycles. The summed E-state index contributed by atoms with van der Waals surface area (Å²) in [6, 6.07) is 13.4. The van der Waals surface area contributed by atoms with E-state index in [1.165, 1.54) is 48.7 Å². The fourth-order valence-corrected chi connectivity index (χ4v) is 1.83. The van der Waals surface area contributed by atoms with Gasteiger partial charge in [-0.2, -0.15) is 10.4 Å². The first-order chi connectivity index (χ1) is 12.0. The van der Waals surface area contributed by atoms with Crippen LogP contribution in [0.1, 0.15) is 11.1 Å². The second kappa shape index (κ2) is 8.03. The molecule has 1 amide bonds. The summed E-state index contributed by atoms with van der Waals surface area (Å²) in [7, 11) is 0. The molecule has 0 atom stereocenters. The normalized spacial score (nSPS) is 11.1. The highest BCUT2D eigenvalue weighted by atomic mass is 16.6. The molecule has 0 radical (unpaired) electrons. The molecule has 2 rings (SSSR count). The molecule has 2 N–H and O–H groups in total. The van der Waals surface area contributed by atoms with Crippen LogP contribution in [0.3, 0.4) is 0 Å². The summed E-state index contributed by atoms with van der Waals surface area (Å²) in [5, 5.41) is 32.7. The van der Waals surface area contributed by atoms with E-state index < -0.39 is 10.8 Å². The topological polar surface area (TPSA) is 129 Å². The molecule has 0 heterocycles. The van der Waals surface area contributed by atoms with Crippen molar-refractivity contribution in [3.05, 3.63) is 75.3 Å². The summed E-state index contributed by atoms with van der Waals surface area (Å²) in [4.78, 5) is 22.1. The highest BCUT2D eigenvalue weighted by Gasteiger charge is 2.10. The number of phenols is 1. The fourth-order valence-electron chi connectivity index (χ4n) is 1.83. The highest BCUT2D eigenvalue weighted by Crippen LogP contribution is 2.15. The number of benzene rings is 2. The van der Waals surface area contributed by atoms with E-state index in [4.69, 9.17) is 10.4 Å². The zero-order valence-electron chi connectivity index (χ0n) is 12.8. The molecule has 0 aliphatic rings. The van der Waals surface area contributed by atoms with Crippen molar-refractivity contribution in [3.63, 3.8) is 0 Å². The highest BCUT2D eigenvalue weighted by molar-refractivity contribution is 6.02. The van der Waals surface area contributed by atoms with Crippen LogP contribution in [0.4, 0.5) is 5.69 Å². The van der Waals surface area contributed by atoms with Crippen molar-refractivity contribution in [1.29, 1.82) is 5.26 Å². The summed E-state index contributed by atoms with van der Waals surface area (Å²) < 4.78 is 0. The number of aromatic hydroxyl groups is 1. The lowest BCUT2D eigenvalue weighted by Crippen LogP contribution is -2.19. The smallest absolute Gasteiger partial charge is 0.282 e. The van der Waals surface area contributed by atoms with Gasteiger partial charge in [0.05, 0.1) is 11.1 Å². The lowest BCUT2D eigenvalue weighted by atomic mass is 10.1. The number of phenolic OH excluding ortho intramolecular Hbond substituents is 1. The summed E-state index contributed by atoms with van der Waals surface area (Å²) in [6.07, 6.45) is 2.58. The number of carbonyl (C=O) groups is 1. The number of hydrogen-bond donors (Lipinski definition) is 2. The maximum absolute atomic E-state index is 12.0. The van der Waals surface area contributed by atoms with Crippen LogP contribution in [0.5, 0.6) is 5.75 Å². The maximum atomic E-state index is 12.0. The van der Waals surface area contributed by atoms with Crippen LogP contribution in [0, 0.1) is 21.4 Å². The van der Waals surface area contributed by atoms with Crippen molar-refractivity contribution in [2.75, 3.05) is 0 Å². The Kier molecular flexibility index (Phi) is 5.58. The number of nitro groups is 1. The summed E-state index contributed by atoms with van der Waals surface area (Å²) in [5.41, 5.74) is 2.80. The Hall–Kier alpha value is -3.99. The van der Waals surface area contributed by atoms with Crippen LogP contribution in [-0.4, -0.2) is 22.2 Å². The first kappa shape index (κ1) is 17.4. The lowest BCUT2D eigenvalue weighted by molar-refractivity contribution is -0.384. The standard InChI is InChI=1S/C17H12N4O4/c18-10-14(8-13-2-1-3-15(9-13)21(24)25)17(23)20-19-11-12-4-6-16(22)7-5-12/h1-9,11,22H,(H,20,23)/b14-8?,19-11+. The van der Waals surface area contributed by atoms with E-state index in [0.29, 0.717) is 11.1 Å². The van der Waals surface area contributed by atoms with Crippen LogP contribution in [0.15, 0.2) is 59.2 Å². The van der Waals surface area contributed by atoms with Crippen LogP contribution in [0.25, 0.3) is 6.08 Å². The summed E-state index contributed by atoms with van der Waals surface area (Å²) in [6.45, 7) is 0. The van der Waals surface area contributed by atoms with Crippen LogP contribution < -0.4 is 5.43 Å². The maximum Gasteiger partial charge on any atom is 0.282 e. The molecule has 2 aromatic rings. The number of non-ortho nitro benzene ring substituents is 1. The van der Waals surface area contributed by atoms with Gasteiger partial charge in [0.25, 0.3) is 11.6 Å². The number of nitrogens with one attached hydrogen (secondary N) is 1. The predicted molar refractivity (Wildman–Crippen MR) is 90.5 cm³/mol. The van der Waals surface area contributed by atoms with E-state index in [1.54, 1.807) is 18.2 Å². The SMILES string of the molecule is N#CC(=Cc1cccc([N+](=O)[O-])c1)C(=O)N/N=C/c1ccc(O)cc1. The number of nitriles is 1. The average Bonchev–Trinajstić information content (AvgIpc) is 2.61. The summed E-state index contributed by atoms with van der Waals surface area (Å²) in [5.74, 6) is -0.642. The Morgan fingerprint density at radius 2 is 1.96 bits per heavy atom. The van der Waals surface area contributed by atoms with Gasteiger partial charge in [-0.1, -0.05) is 12.1 Å². The molecule has 8 heteroatoms. The second-order valence-electron chi connectivity index (χ2n) is 4.81. The molecule has 25 heavy (non-hydrogen) atoms. The zero-order chi connectivity index (χ0) is 18.2. The minimum absolute atomic E-state index is 0.104. The van der Waals surface area contributed by atoms with Gasteiger partial charge in [0.15, 0.2) is 0 Å². The zero-order valence-corrected chi connectivity index (χ0v) is 12.8. The molecule has 2 aromatic carbocycles. The largest absolute Gasteiger partial charge is 0.508 e. The summed E-state index contributed by atoms with van der Waals surface area (Å²) >= 11 is 0. The van der Waals surface area contributed by atoms with Crippen LogP contribution in [0.2, 0.25) is 0 Å². The van der Waals surface area contributed by atoms with E-state index in [9.17, 15) is 14.9 Å². The van der Waals surface area contributed by atoms with Crippen LogP contribution in [-0.2, 0) is 4.79 Å². The van der Waals surface area contributed by atoms with Gasteiger partial charge in [-0.25, -0.2) is 5.43 Å². The molecule has 8 nitrogen and oxygen atoms in total. The molecule has 0 spiro atoms. The molecule has 0 bridgehead atoms. The van der Waals surface area contributed by atoms with E-state index in [0.717, 1.165) is 0 Å². The molecule has 0 aliphatic carbocycles. The first-order valence-corrected chi connectivity index (χ1v) is 6.98. The Bertz CT molecular complexity index is 896. The Labute approximate surface area is 142 Å². The first-order valence-electron chi connectivity index (χ1n) is 6.98. The second-order valence-corrected chi connectivity index (χ2v) is 4.81. The van der Waals surface area contributed by atoms with Crippen molar-refractivity contribution >= 4 is 23.9 Å². The van der Waals surface area contributed by atoms with Crippen molar-refractivity contribution in [2.24, 2.45) is 5.10 Å². The number of hydrogen-bond acceptors (Lipinski definition) is 6. The van der Waals surface area contributed by atoms with Gasteiger partial charge in [-0.15, -0.1) is 0 Å². The van der Waals surface area contributed by atoms with Crippen molar-refractivity contribution < 1.29 is 14.8 Å². The van der Waals surface area contributed by atoms with E-state index in [2.05, 4.69) is 10.5 Å². The number of nitrogens with zero attached hydrogens (tertiary/aromatic N) is 3. The predicted octanol–water partition coefficient (Wildman–Crippen LogP) is 2.36. The third-order valence-corrected chi connectivity index (χ3v) is 3.03. The van der Waals surface area contributed by atoms with Gasteiger partial charge in [0, 0.05) is 12.1 Å². The number of nitro benzene ring substituents is 1. The average molecular weight is 336 g/mol. The minimum Gasteiger partial charge on any atom is -0.508 e. The Balaban J connectivity index is 2.10. The number of amides is 1. The van der Waals surface area contributed by atoms with E-state index >= 15 is 0 Å². The fraction of sp³-hybridized carbons (Fsp3) is 0. The van der Waals surface area contributed by atoms with Crippen LogP contribution >= 0.6 is 0 Å². The molecular weight excluding hydrogens is 324 g/mol. The van der Waals surface area contributed by atoms with Gasteiger partial charge >= 0.3 is 0 Å². The third kappa shape index (κ3) is 5.01. The molecule has 0 unspecified atom stereocenters. The quantitative estimate of drug-likeness (QED) is 0.285. The number of hydrazone groups is 1. The minimum atomic E-state index is -0.746. The van der Waals surface area contributed by atoms with E-state index in [1.807, 2.05) is 0 Å². The number of carbonyl (C=O) groups excluding carboxylic acids is 1. The number of rotatable bonds is 5. The van der Waals surface area contributed by atoms with Gasteiger partial charge < -0.3 is 5.11 Å². The monoisotopic (exact) mass is 336 g/mol. The van der Waals surface area contributed by atoms with E-state index in [-0.39, 0.29) is 17.0 Å². The van der Waals surface area contributed by atoms with Gasteiger partial charge in [0.2, 0.25) is 0 Å². The molecule has 0 aliphatic heterocycles. The molecule has 0 saturated heterocycles. The van der Waals surface area contributed by atoms with Crippen molar-refractivity contribution in [1.82, 2.24) is 5.43 Å². The van der Waals surface area contributed by atoms with Gasteiger partial charge in [0.1, 0.15) is 17.4 Å². The molecule has 0 fully saturated rings. The van der Waals surface area contributed by atoms with Crippen molar-refractivity contribution in [2.45, 2.75) is 0 Å². The Morgan fingerprint density at radius 3 is 2.60 bits per heavy atom. The Morgan fingerprint density at radius 1 is 1.24 bits per heavy atom. The lowest BCUT2D eigenvalue weighted by Gasteiger charge is -1.99. The van der Waals surface area contributed by atoms with Gasteiger partial charge in [-0.3, -0.25) is 14.9 Å². The van der Waals surface area contributed by atoms with Gasteiger partial charge in [-0.05, 0) is 41.5 Å². The molecular formula is C17H12N4O4. The molecule has 0 saturated carbocycles.